The van der Waals surface area contributed by atoms with E-state index in [1.165, 1.54) is 0 Å². The van der Waals surface area contributed by atoms with Gasteiger partial charge in [0.15, 0.2) is 0 Å². The molecule has 0 aromatic heterocycles. The lowest BCUT2D eigenvalue weighted by atomic mass is 10.1. The quantitative estimate of drug-likeness (QED) is 0.653. The molecule has 0 bridgehead atoms. The Hall–Kier alpha value is -0.610. The third-order valence-corrected chi connectivity index (χ3v) is 2.34. The monoisotopic (exact) mass is 186 g/mol. The van der Waals surface area contributed by atoms with E-state index in [4.69, 9.17) is 10.5 Å². The van der Waals surface area contributed by atoms with Gasteiger partial charge in [0, 0.05) is 19.3 Å². The minimum Gasteiger partial charge on any atom is -0.381 e. The number of hydrogen-bond acceptors (Lipinski definition) is 3. The summed E-state index contributed by atoms with van der Waals surface area (Å²) < 4.78 is 5.19. The molecule has 1 rings (SSSR count). The fourth-order valence-electron chi connectivity index (χ4n) is 1.34. The average Bonchev–Trinajstić information content (AvgIpc) is 2.18. The smallest absolute Gasteiger partial charge is 0.237 e. The van der Waals surface area contributed by atoms with Crippen LogP contribution in [-0.4, -0.2) is 31.2 Å². The first-order valence-corrected chi connectivity index (χ1v) is 4.87. The van der Waals surface area contributed by atoms with Gasteiger partial charge in [-0.1, -0.05) is 6.92 Å². The Kier molecular flexibility index (Phi) is 4.18. The second-order valence-electron chi connectivity index (χ2n) is 3.41. The van der Waals surface area contributed by atoms with Gasteiger partial charge in [-0.15, -0.1) is 0 Å². The maximum absolute atomic E-state index is 11.4. The lowest BCUT2D eigenvalue weighted by molar-refractivity contribution is -0.123. The third-order valence-electron chi connectivity index (χ3n) is 2.34. The van der Waals surface area contributed by atoms with Crippen LogP contribution in [0.3, 0.4) is 0 Å². The van der Waals surface area contributed by atoms with Crippen molar-refractivity contribution in [1.29, 1.82) is 0 Å². The molecule has 1 aliphatic rings. The van der Waals surface area contributed by atoms with Crippen LogP contribution < -0.4 is 11.1 Å². The predicted molar refractivity (Wildman–Crippen MR) is 50.3 cm³/mol. The number of carbonyl (C=O) groups excluding carboxylic acids is 1. The zero-order chi connectivity index (χ0) is 9.68. The molecule has 1 heterocycles. The zero-order valence-corrected chi connectivity index (χ0v) is 8.08. The number of nitrogens with one attached hydrogen (secondary N) is 1. The highest BCUT2D eigenvalue weighted by Gasteiger charge is 2.18. The molecule has 0 saturated carbocycles. The van der Waals surface area contributed by atoms with Gasteiger partial charge in [-0.3, -0.25) is 4.79 Å². The molecule has 0 aliphatic carbocycles. The maximum Gasteiger partial charge on any atom is 0.237 e. The molecule has 0 spiro atoms. The first-order valence-electron chi connectivity index (χ1n) is 4.87. The van der Waals surface area contributed by atoms with Gasteiger partial charge in [0.05, 0.1) is 6.04 Å². The highest BCUT2D eigenvalue weighted by atomic mass is 16.5. The van der Waals surface area contributed by atoms with Crippen LogP contribution in [0.4, 0.5) is 0 Å². The summed E-state index contributed by atoms with van der Waals surface area (Å²) in [5, 5.41) is 2.93. The van der Waals surface area contributed by atoms with Gasteiger partial charge < -0.3 is 15.8 Å². The van der Waals surface area contributed by atoms with Gasteiger partial charge in [0.25, 0.3) is 0 Å². The second-order valence-corrected chi connectivity index (χ2v) is 3.41. The number of rotatable bonds is 3. The van der Waals surface area contributed by atoms with Crippen molar-refractivity contribution in [3.05, 3.63) is 0 Å². The molecular formula is C9H18N2O2. The summed E-state index contributed by atoms with van der Waals surface area (Å²) >= 11 is 0. The Balaban J connectivity index is 2.26. The highest BCUT2D eigenvalue weighted by Crippen LogP contribution is 2.06. The van der Waals surface area contributed by atoms with Crippen LogP contribution in [0.25, 0.3) is 0 Å². The number of carbonyl (C=O) groups is 1. The number of hydrogen-bond donors (Lipinski definition) is 2. The van der Waals surface area contributed by atoms with Gasteiger partial charge >= 0.3 is 0 Å². The largest absolute Gasteiger partial charge is 0.381 e. The lowest BCUT2D eigenvalue weighted by Crippen LogP contribution is -2.46. The molecule has 13 heavy (non-hydrogen) atoms. The van der Waals surface area contributed by atoms with Crippen LogP contribution in [0.15, 0.2) is 0 Å². The van der Waals surface area contributed by atoms with Crippen molar-refractivity contribution in [3.63, 3.8) is 0 Å². The first kappa shape index (κ1) is 10.5. The SMILES string of the molecule is CCC(N)C(=O)NC1CCOCC1. The van der Waals surface area contributed by atoms with E-state index in [-0.39, 0.29) is 18.0 Å². The van der Waals surface area contributed by atoms with Crippen LogP contribution in [-0.2, 0) is 9.53 Å². The van der Waals surface area contributed by atoms with E-state index < -0.39 is 0 Å². The Morgan fingerprint density at radius 3 is 2.77 bits per heavy atom. The van der Waals surface area contributed by atoms with Gasteiger partial charge in [0.2, 0.25) is 5.91 Å². The van der Waals surface area contributed by atoms with Gasteiger partial charge in [-0.25, -0.2) is 0 Å². The molecule has 1 fully saturated rings. The van der Waals surface area contributed by atoms with Crippen LogP contribution in [0.1, 0.15) is 26.2 Å². The van der Waals surface area contributed by atoms with Crippen molar-refractivity contribution in [2.45, 2.75) is 38.3 Å². The summed E-state index contributed by atoms with van der Waals surface area (Å²) in [6.45, 7) is 3.40. The van der Waals surface area contributed by atoms with Crippen molar-refractivity contribution in [2.75, 3.05) is 13.2 Å². The summed E-state index contributed by atoms with van der Waals surface area (Å²) in [5.74, 6) is -0.0330. The first-order chi connectivity index (χ1) is 6.24. The topological polar surface area (TPSA) is 64.4 Å². The van der Waals surface area contributed by atoms with Crippen molar-refractivity contribution in [3.8, 4) is 0 Å². The summed E-state index contributed by atoms with van der Waals surface area (Å²) in [7, 11) is 0. The molecule has 1 amide bonds. The molecule has 0 radical (unpaired) electrons. The van der Waals surface area contributed by atoms with Gasteiger partial charge in [0.1, 0.15) is 0 Å². The van der Waals surface area contributed by atoms with E-state index in [9.17, 15) is 4.79 Å². The number of nitrogens with two attached hydrogens (primary N) is 1. The van der Waals surface area contributed by atoms with Crippen LogP contribution in [0.5, 0.6) is 0 Å². The van der Waals surface area contributed by atoms with Crippen molar-refractivity contribution in [1.82, 2.24) is 5.32 Å². The molecule has 76 valence electrons. The number of ether oxygens (including phenoxy) is 1. The average molecular weight is 186 g/mol. The van der Waals surface area contributed by atoms with Crippen LogP contribution >= 0.6 is 0 Å². The third kappa shape index (κ3) is 3.32. The number of amides is 1. The van der Waals surface area contributed by atoms with Crippen molar-refractivity contribution in [2.24, 2.45) is 5.73 Å². The molecule has 1 aliphatic heterocycles. The van der Waals surface area contributed by atoms with E-state index in [0.717, 1.165) is 26.1 Å². The van der Waals surface area contributed by atoms with Crippen molar-refractivity contribution < 1.29 is 9.53 Å². The summed E-state index contributed by atoms with van der Waals surface area (Å²) in [6.07, 6.45) is 2.50. The van der Waals surface area contributed by atoms with Crippen LogP contribution in [0, 0.1) is 0 Å². The van der Waals surface area contributed by atoms with Crippen LogP contribution in [0.2, 0.25) is 0 Å². The second kappa shape index (κ2) is 5.19. The molecular weight excluding hydrogens is 168 g/mol. The fourth-order valence-corrected chi connectivity index (χ4v) is 1.34. The highest BCUT2D eigenvalue weighted by molar-refractivity contribution is 5.81. The van der Waals surface area contributed by atoms with E-state index >= 15 is 0 Å². The summed E-state index contributed by atoms with van der Waals surface area (Å²) in [4.78, 5) is 11.4. The lowest BCUT2D eigenvalue weighted by Gasteiger charge is -2.24. The molecule has 1 saturated heterocycles. The van der Waals surface area contributed by atoms with Gasteiger partial charge in [-0.2, -0.15) is 0 Å². The predicted octanol–water partition coefficient (Wildman–Crippen LogP) is 0.0189. The van der Waals surface area contributed by atoms with Gasteiger partial charge in [-0.05, 0) is 19.3 Å². The fraction of sp³-hybridized carbons (Fsp3) is 0.889. The maximum atomic E-state index is 11.4. The molecule has 3 N–H and O–H groups in total. The minimum absolute atomic E-state index is 0.0330. The zero-order valence-electron chi connectivity index (χ0n) is 8.08. The van der Waals surface area contributed by atoms with Crippen molar-refractivity contribution >= 4 is 5.91 Å². The standard InChI is InChI=1S/C9H18N2O2/c1-2-8(10)9(12)11-7-3-5-13-6-4-7/h7-8H,2-6,10H2,1H3,(H,11,12). The summed E-state index contributed by atoms with van der Waals surface area (Å²) in [6, 6.07) is -0.0957. The molecule has 4 nitrogen and oxygen atoms in total. The van der Waals surface area contributed by atoms with E-state index in [2.05, 4.69) is 5.32 Å². The molecule has 4 heteroatoms. The van der Waals surface area contributed by atoms with E-state index in [1.807, 2.05) is 6.92 Å². The minimum atomic E-state index is -0.358. The Morgan fingerprint density at radius 2 is 2.23 bits per heavy atom. The Morgan fingerprint density at radius 1 is 1.62 bits per heavy atom. The van der Waals surface area contributed by atoms with E-state index in [0.29, 0.717) is 6.42 Å². The molecule has 1 unspecified atom stereocenters. The summed E-state index contributed by atoms with van der Waals surface area (Å²) in [5.41, 5.74) is 5.59. The molecule has 0 aromatic carbocycles. The van der Waals surface area contributed by atoms with E-state index in [1.54, 1.807) is 0 Å². The normalized spacial score (nSPS) is 21.1. The molecule has 1 atom stereocenters. The Labute approximate surface area is 78.8 Å². The molecule has 0 aromatic rings. The Bertz CT molecular complexity index is 167.